The minimum Gasteiger partial charge on any atom is -0.472 e. The van der Waals surface area contributed by atoms with Gasteiger partial charge in [0.2, 0.25) is 11.5 Å². The Kier molecular flexibility index (Phi) is 6.87. The maximum Gasteiger partial charge on any atom is 0.407 e. The molecule has 5 aliphatic rings. The van der Waals surface area contributed by atoms with Crippen molar-refractivity contribution in [2.24, 2.45) is 29.1 Å². The molecule has 1 aromatic heterocycles. The Balaban J connectivity index is 1.30. The number of aryl methyl sites for hydroxylation is 1. The monoisotopic (exact) mass is 582 g/mol. The van der Waals surface area contributed by atoms with Gasteiger partial charge in [0.25, 0.3) is 5.91 Å². The number of amides is 3. The van der Waals surface area contributed by atoms with Gasteiger partial charge in [-0.25, -0.2) is 14.2 Å². The van der Waals surface area contributed by atoms with Gasteiger partial charge in [0.05, 0.1) is 13.2 Å². The Morgan fingerprint density at radius 1 is 1.33 bits per heavy atom. The molecule has 42 heavy (non-hydrogen) atoms. The zero-order valence-corrected chi connectivity index (χ0v) is 24.7. The summed E-state index contributed by atoms with van der Waals surface area (Å²) >= 11 is 0. The number of nitriles is 1. The number of carbonyl (C=O) groups excluding carboxylic acids is 3. The van der Waals surface area contributed by atoms with Crippen LogP contribution in [0.5, 0.6) is 5.75 Å². The van der Waals surface area contributed by atoms with E-state index in [-0.39, 0.29) is 54.5 Å². The van der Waals surface area contributed by atoms with Crippen LogP contribution in [0, 0.1) is 47.3 Å². The Hall–Kier alpha value is -3.46. The third-order valence-corrected chi connectivity index (χ3v) is 10.2. The molecule has 2 aliphatic carbocycles. The molecule has 12 heteroatoms. The lowest BCUT2D eigenvalue weighted by Gasteiger charge is -2.39. The number of halogens is 1. The Morgan fingerprint density at radius 3 is 2.79 bits per heavy atom. The number of nitrogens with zero attached hydrogens (tertiary/aromatic N) is 4. The van der Waals surface area contributed by atoms with Crippen molar-refractivity contribution in [3.63, 3.8) is 0 Å². The number of rotatable bonds is 4. The van der Waals surface area contributed by atoms with E-state index < -0.39 is 35.4 Å². The largest absolute Gasteiger partial charge is 0.472 e. The molecule has 4 heterocycles. The summed E-state index contributed by atoms with van der Waals surface area (Å²) < 4.78 is 26.3. The number of hydrogen-bond donors (Lipinski definition) is 2. The number of likely N-dealkylation sites (tertiary alicyclic amines) is 2. The van der Waals surface area contributed by atoms with Crippen molar-refractivity contribution < 1.29 is 28.2 Å². The maximum absolute atomic E-state index is 15.2. The first-order valence-corrected chi connectivity index (χ1v) is 14.8. The summed E-state index contributed by atoms with van der Waals surface area (Å²) in [7, 11) is 1.26. The highest BCUT2D eigenvalue weighted by Crippen LogP contribution is 2.59. The van der Waals surface area contributed by atoms with Crippen LogP contribution in [0.2, 0.25) is 0 Å². The molecule has 9 atom stereocenters. The normalized spacial score (nSPS) is 35.7. The second kappa shape index (κ2) is 10.1. The Labute approximate surface area is 245 Å². The Morgan fingerprint density at radius 2 is 2.10 bits per heavy atom. The molecular formula is C30H39FN6O5. The molecule has 2 bridgehead atoms. The van der Waals surface area contributed by atoms with Gasteiger partial charge < -0.3 is 25.0 Å². The maximum atomic E-state index is 15.2. The van der Waals surface area contributed by atoms with Crippen molar-refractivity contribution in [3.8, 4) is 11.8 Å². The van der Waals surface area contributed by atoms with Gasteiger partial charge in [-0.05, 0) is 61.0 Å². The number of fused-ring (bicyclic) bond motifs is 6. The van der Waals surface area contributed by atoms with Gasteiger partial charge in [-0.3, -0.25) is 14.5 Å². The van der Waals surface area contributed by atoms with Crippen LogP contribution in [0.15, 0.2) is 12.1 Å². The van der Waals surface area contributed by atoms with Crippen LogP contribution in [0.4, 0.5) is 15.0 Å². The van der Waals surface area contributed by atoms with E-state index in [0.717, 1.165) is 12.1 Å². The van der Waals surface area contributed by atoms with Gasteiger partial charge in [-0.2, -0.15) is 5.26 Å². The molecule has 0 unspecified atom stereocenters. The van der Waals surface area contributed by atoms with Crippen LogP contribution < -0.4 is 15.4 Å². The quantitative estimate of drug-likeness (QED) is 0.553. The van der Waals surface area contributed by atoms with Crippen LogP contribution in [0.3, 0.4) is 0 Å². The van der Waals surface area contributed by atoms with Gasteiger partial charge in [-0.15, -0.1) is 0 Å². The lowest BCUT2D eigenvalue weighted by Crippen LogP contribution is -2.58. The average Bonchev–Trinajstić information content (AvgIpc) is 3.67. The number of nitrogens with one attached hydrogen (secondary N) is 2. The fourth-order valence-electron chi connectivity index (χ4n) is 8.25. The van der Waals surface area contributed by atoms with Crippen LogP contribution in [-0.4, -0.2) is 89.3 Å². The third-order valence-electron chi connectivity index (χ3n) is 10.2. The van der Waals surface area contributed by atoms with E-state index in [1.54, 1.807) is 12.1 Å². The number of aromatic nitrogens is 1. The first-order valence-electron chi connectivity index (χ1n) is 14.8. The summed E-state index contributed by atoms with van der Waals surface area (Å²) in [6, 6.07) is 4.03. The van der Waals surface area contributed by atoms with Crippen molar-refractivity contribution in [1.82, 2.24) is 20.1 Å². The van der Waals surface area contributed by atoms with Crippen molar-refractivity contribution >= 4 is 23.7 Å². The number of hydrogen-bond acceptors (Lipinski definition) is 8. The lowest BCUT2D eigenvalue weighted by molar-refractivity contribution is -0.138. The minimum atomic E-state index is -1.28. The van der Waals surface area contributed by atoms with Crippen LogP contribution in [-0.2, 0) is 14.3 Å². The molecule has 226 valence electrons. The fourth-order valence-corrected chi connectivity index (χ4v) is 8.25. The molecule has 0 radical (unpaired) electrons. The van der Waals surface area contributed by atoms with E-state index in [0.29, 0.717) is 31.1 Å². The number of methoxy groups -OCH3 is 1. The number of anilines is 1. The molecule has 2 saturated carbocycles. The van der Waals surface area contributed by atoms with Gasteiger partial charge in [0.1, 0.15) is 18.3 Å². The number of pyridine rings is 1. The topological polar surface area (TPSA) is 137 Å². The van der Waals surface area contributed by atoms with Crippen molar-refractivity contribution in [1.29, 1.82) is 5.26 Å². The van der Waals surface area contributed by atoms with Gasteiger partial charge in [-0.1, -0.05) is 20.8 Å². The van der Waals surface area contributed by atoms with Crippen LogP contribution in [0.1, 0.15) is 45.7 Å². The van der Waals surface area contributed by atoms with E-state index in [9.17, 15) is 19.6 Å². The molecular weight excluding hydrogens is 543 g/mol. The predicted octanol–water partition coefficient (Wildman–Crippen LogP) is 2.65. The van der Waals surface area contributed by atoms with E-state index in [2.05, 4.69) is 21.7 Å². The summed E-state index contributed by atoms with van der Waals surface area (Å²) in [6.07, 6.45) is -0.142. The highest BCUT2D eigenvalue weighted by Gasteiger charge is 2.63. The zero-order chi connectivity index (χ0) is 30.1. The molecule has 1 aromatic rings. The molecule has 2 saturated heterocycles. The average molecular weight is 583 g/mol. The standard InChI is InChI=1S/C30H39FN6O5/c1-15-6-7-22-25(33-15)35-27(39)30(42-22)10-17(11-32)36(14-30)13-21-23-18-8-16(9-20(18)31)19(23)12-37(21)26(38)24(29(2,3)4)34-28(40)41-5/h6-7,16-21,23-24H,8-10,12-14H2,1-5H3,(H,34,40)(H,33,35,39)/t16-,17-,18+,19+,20+,21+,23-,24+,30+/m0/s1. The first-order chi connectivity index (χ1) is 19.8. The summed E-state index contributed by atoms with van der Waals surface area (Å²) in [5, 5.41) is 15.8. The smallest absolute Gasteiger partial charge is 0.407 e. The van der Waals surface area contributed by atoms with Crippen molar-refractivity contribution in [3.05, 3.63) is 17.8 Å². The summed E-state index contributed by atoms with van der Waals surface area (Å²) in [5.74, 6) is 0.347. The minimum absolute atomic E-state index is 0.0636. The summed E-state index contributed by atoms with van der Waals surface area (Å²) in [4.78, 5) is 47.9. The molecule has 11 nitrogen and oxygen atoms in total. The van der Waals surface area contributed by atoms with Gasteiger partial charge in [0.15, 0.2) is 11.6 Å². The Bertz CT molecular complexity index is 1340. The first kappa shape index (κ1) is 28.6. The molecule has 4 fully saturated rings. The number of alkyl halides is 1. The molecule has 2 N–H and O–H groups in total. The van der Waals surface area contributed by atoms with E-state index in [4.69, 9.17) is 9.47 Å². The number of ether oxygens (including phenoxy) is 2. The summed E-state index contributed by atoms with van der Waals surface area (Å²) in [6.45, 7) is 8.38. The fraction of sp³-hybridized carbons (Fsp3) is 0.700. The van der Waals surface area contributed by atoms with E-state index in [1.807, 2.05) is 37.5 Å². The highest BCUT2D eigenvalue weighted by atomic mass is 19.1. The number of alkyl carbamates (subject to hydrolysis) is 1. The molecule has 1 spiro atoms. The molecule has 6 rings (SSSR count). The molecule has 3 aliphatic heterocycles. The number of carbonyl (C=O) groups is 3. The predicted molar refractivity (Wildman–Crippen MR) is 149 cm³/mol. The second-order valence-corrected chi connectivity index (χ2v) is 13.8. The van der Waals surface area contributed by atoms with E-state index in [1.165, 1.54) is 7.11 Å². The highest BCUT2D eigenvalue weighted by molar-refractivity contribution is 6.00. The molecule has 3 amide bonds. The zero-order valence-electron chi connectivity index (χ0n) is 24.7. The van der Waals surface area contributed by atoms with Crippen molar-refractivity contribution in [2.75, 3.05) is 32.1 Å². The third kappa shape index (κ3) is 4.57. The molecule has 0 aromatic carbocycles. The van der Waals surface area contributed by atoms with Crippen LogP contribution in [0.25, 0.3) is 0 Å². The van der Waals surface area contributed by atoms with Gasteiger partial charge >= 0.3 is 6.09 Å². The van der Waals surface area contributed by atoms with Crippen molar-refractivity contribution in [2.45, 2.75) is 76.9 Å². The van der Waals surface area contributed by atoms with Crippen LogP contribution >= 0.6 is 0 Å². The summed E-state index contributed by atoms with van der Waals surface area (Å²) in [5.41, 5.74) is -1.16. The van der Waals surface area contributed by atoms with E-state index >= 15 is 4.39 Å². The van der Waals surface area contributed by atoms with Gasteiger partial charge in [0, 0.05) is 37.8 Å². The second-order valence-electron chi connectivity index (χ2n) is 13.8. The SMILES string of the molecule is COC(=O)N[C@H](C(=O)N1C[C@@H]2[C@H]3C[C@@H]([C@@H]2[C@H]1CN1C[C@@]2(C[C@H]1C#N)Oc1ccc(C)nc1NC2=O)[C@H](F)C3)C(C)(C)C. The lowest BCUT2D eigenvalue weighted by atomic mass is 9.77.